The number of benzene rings is 1. The lowest BCUT2D eigenvalue weighted by atomic mass is 10.1. The molecule has 1 heterocycles. The van der Waals surface area contributed by atoms with Crippen molar-refractivity contribution in [2.75, 3.05) is 11.9 Å². The molecule has 3 rings (SSSR count). The number of nitrogens with one attached hydrogen (secondary N) is 1. The second-order valence-electron chi connectivity index (χ2n) is 5.86. The van der Waals surface area contributed by atoms with E-state index in [4.69, 9.17) is 10.00 Å². The number of nitriles is 2. The highest BCUT2D eigenvalue weighted by atomic mass is 32.1. The molecular formula is C19H17N3O2S. The largest absolute Gasteiger partial charge is 0.484 e. The first-order valence-electron chi connectivity index (χ1n) is 8.18. The summed E-state index contributed by atoms with van der Waals surface area (Å²) < 4.78 is 5.44. The van der Waals surface area contributed by atoms with Crippen LogP contribution >= 0.6 is 11.3 Å². The maximum Gasteiger partial charge on any atom is 0.262 e. The van der Waals surface area contributed by atoms with E-state index in [9.17, 15) is 10.1 Å². The highest BCUT2D eigenvalue weighted by Gasteiger charge is 2.21. The SMILES string of the molecule is N#Cc1cccc(OCC(=O)Nc2sc3c(c2C#N)CCCCC3)c1. The predicted molar refractivity (Wildman–Crippen MR) is 95.6 cm³/mol. The van der Waals surface area contributed by atoms with Gasteiger partial charge in [0.25, 0.3) is 5.91 Å². The third-order valence-electron chi connectivity index (χ3n) is 4.12. The molecule has 2 aromatic rings. The standard InChI is InChI=1S/C19H17N3O2S/c20-10-13-5-4-6-14(9-13)24-12-18(23)22-19-16(11-21)15-7-2-1-3-8-17(15)25-19/h4-6,9H,1-3,7-8,12H2,(H,22,23). The number of thiophene rings is 1. The predicted octanol–water partition coefficient (Wildman–Crippen LogP) is 3.78. The van der Waals surface area contributed by atoms with Gasteiger partial charge in [-0.15, -0.1) is 11.3 Å². The number of carbonyl (C=O) groups excluding carboxylic acids is 1. The average molecular weight is 351 g/mol. The van der Waals surface area contributed by atoms with Crippen LogP contribution in [0.15, 0.2) is 24.3 Å². The maximum atomic E-state index is 12.2. The number of aryl methyl sites for hydroxylation is 1. The van der Waals surface area contributed by atoms with E-state index in [1.165, 1.54) is 22.6 Å². The molecule has 1 aromatic carbocycles. The highest BCUT2D eigenvalue weighted by Crippen LogP contribution is 2.36. The van der Waals surface area contributed by atoms with E-state index < -0.39 is 0 Å². The molecule has 0 saturated carbocycles. The zero-order chi connectivity index (χ0) is 17.6. The number of hydrogen-bond donors (Lipinski definition) is 1. The molecule has 1 aliphatic carbocycles. The third kappa shape index (κ3) is 3.99. The van der Waals surface area contributed by atoms with Crippen molar-refractivity contribution >= 4 is 22.2 Å². The molecule has 0 fully saturated rings. The van der Waals surface area contributed by atoms with Gasteiger partial charge in [-0.25, -0.2) is 0 Å². The average Bonchev–Trinajstić information content (AvgIpc) is 2.79. The summed E-state index contributed by atoms with van der Waals surface area (Å²) in [6, 6.07) is 10.9. The Kier molecular flexibility index (Phi) is 5.33. The molecule has 1 amide bonds. The van der Waals surface area contributed by atoms with E-state index in [0.717, 1.165) is 31.2 Å². The van der Waals surface area contributed by atoms with Gasteiger partial charge in [0.05, 0.1) is 17.2 Å². The number of rotatable bonds is 4. The van der Waals surface area contributed by atoms with E-state index in [1.54, 1.807) is 24.3 Å². The minimum atomic E-state index is -0.310. The zero-order valence-corrected chi connectivity index (χ0v) is 14.5. The summed E-state index contributed by atoms with van der Waals surface area (Å²) in [6.45, 7) is -0.164. The molecule has 1 N–H and O–H groups in total. The normalized spacial score (nSPS) is 13.0. The monoisotopic (exact) mass is 351 g/mol. The molecular weight excluding hydrogens is 334 g/mol. The van der Waals surface area contributed by atoms with Crippen molar-refractivity contribution in [3.05, 3.63) is 45.8 Å². The topological polar surface area (TPSA) is 85.9 Å². The van der Waals surface area contributed by atoms with Crippen molar-refractivity contribution < 1.29 is 9.53 Å². The van der Waals surface area contributed by atoms with Gasteiger partial charge in [-0.2, -0.15) is 10.5 Å². The van der Waals surface area contributed by atoms with Crippen molar-refractivity contribution in [3.63, 3.8) is 0 Å². The van der Waals surface area contributed by atoms with Crippen LogP contribution in [0, 0.1) is 22.7 Å². The molecule has 0 aliphatic heterocycles. The lowest BCUT2D eigenvalue weighted by Gasteiger charge is -2.07. The van der Waals surface area contributed by atoms with E-state index >= 15 is 0 Å². The lowest BCUT2D eigenvalue weighted by molar-refractivity contribution is -0.118. The quantitative estimate of drug-likeness (QED) is 0.849. The van der Waals surface area contributed by atoms with Crippen LogP contribution in [0.5, 0.6) is 5.75 Å². The maximum absolute atomic E-state index is 12.2. The molecule has 0 bridgehead atoms. The Bertz CT molecular complexity index is 874. The first-order valence-corrected chi connectivity index (χ1v) is 9.00. The Morgan fingerprint density at radius 1 is 1.20 bits per heavy atom. The Hall–Kier alpha value is -2.83. The Balaban J connectivity index is 1.67. The summed E-state index contributed by atoms with van der Waals surface area (Å²) in [7, 11) is 0. The van der Waals surface area contributed by atoms with Crippen molar-refractivity contribution in [2.45, 2.75) is 32.1 Å². The fraction of sp³-hybridized carbons (Fsp3) is 0.316. The number of carbonyl (C=O) groups is 1. The smallest absolute Gasteiger partial charge is 0.262 e. The molecule has 1 aliphatic rings. The Labute approximate surface area is 150 Å². The van der Waals surface area contributed by atoms with E-state index in [1.807, 2.05) is 6.07 Å². The summed E-state index contributed by atoms with van der Waals surface area (Å²) in [6.07, 6.45) is 5.28. The van der Waals surface area contributed by atoms with Crippen LogP contribution < -0.4 is 10.1 Å². The minimum absolute atomic E-state index is 0.164. The number of fused-ring (bicyclic) bond motifs is 1. The van der Waals surface area contributed by atoms with Gasteiger partial charge < -0.3 is 10.1 Å². The molecule has 0 spiro atoms. The van der Waals surface area contributed by atoms with Gasteiger partial charge in [0.2, 0.25) is 0 Å². The Morgan fingerprint density at radius 3 is 2.84 bits per heavy atom. The first kappa shape index (κ1) is 17.0. The third-order valence-corrected chi connectivity index (χ3v) is 5.33. The van der Waals surface area contributed by atoms with Crippen LogP contribution in [0.3, 0.4) is 0 Å². The van der Waals surface area contributed by atoms with Gasteiger partial charge in [-0.05, 0) is 49.4 Å². The molecule has 1 aromatic heterocycles. The summed E-state index contributed by atoms with van der Waals surface area (Å²) in [4.78, 5) is 13.4. The van der Waals surface area contributed by atoms with Crippen LogP contribution in [0.1, 0.15) is 40.8 Å². The van der Waals surface area contributed by atoms with Crippen LogP contribution in [-0.2, 0) is 17.6 Å². The van der Waals surface area contributed by atoms with Crippen molar-refractivity contribution in [1.82, 2.24) is 0 Å². The zero-order valence-electron chi connectivity index (χ0n) is 13.7. The molecule has 126 valence electrons. The Morgan fingerprint density at radius 2 is 2.04 bits per heavy atom. The number of anilines is 1. The summed E-state index contributed by atoms with van der Waals surface area (Å²) in [5.74, 6) is 0.159. The fourth-order valence-corrected chi connectivity index (χ4v) is 4.17. The van der Waals surface area contributed by atoms with Crippen LogP contribution in [0.4, 0.5) is 5.00 Å². The molecule has 0 saturated heterocycles. The number of ether oxygens (including phenoxy) is 1. The molecule has 0 unspecified atom stereocenters. The van der Waals surface area contributed by atoms with Crippen molar-refractivity contribution in [2.24, 2.45) is 0 Å². The van der Waals surface area contributed by atoms with E-state index in [0.29, 0.717) is 21.9 Å². The number of nitrogens with zero attached hydrogens (tertiary/aromatic N) is 2. The van der Waals surface area contributed by atoms with Crippen LogP contribution in [0.25, 0.3) is 0 Å². The van der Waals surface area contributed by atoms with E-state index in [-0.39, 0.29) is 12.5 Å². The number of hydrogen-bond acceptors (Lipinski definition) is 5. The second-order valence-corrected chi connectivity index (χ2v) is 6.96. The molecule has 0 atom stereocenters. The van der Waals surface area contributed by atoms with Gasteiger partial charge in [0.1, 0.15) is 16.8 Å². The second kappa shape index (κ2) is 7.83. The number of amides is 1. The van der Waals surface area contributed by atoms with Gasteiger partial charge in [-0.1, -0.05) is 12.5 Å². The minimum Gasteiger partial charge on any atom is -0.484 e. The first-order chi connectivity index (χ1) is 12.2. The van der Waals surface area contributed by atoms with Gasteiger partial charge in [-0.3, -0.25) is 4.79 Å². The highest BCUT2D eigenvalue weighted by molar-refractivity contribution is 7.16. The molecule has 25 heavy (non-hydrogen) atoms. The van der Waals surface area contributed by atoms with Gasteiger partial charge >= 0.3 is 0 Å². The fourth-order valence-electron chi connectivity index (χ4n) is 2.92. The van der Waals surface area contributed by atoms with Crippen LogP contribution in [-0.4, -0.2) is 12.5 Å². The molecule has 5 nitrogen and oxygen atoms in total. The lowest BCUT2D eigenvalue weighted by Crippen LogP contribution is -2.20. The van der Waals surface area contributed by atoms with Gasteiger partial charge in [0.15, 0.2) is 6.61 Å². The summed E-state index contributed by atoms with van der Waals surface area (Å²) in [5, 5.41) is 21.8. The summed E-state index contributed by atoms with van der Waals surface area (Å²) >= 11 is 1.50. The van der Waals surface area contributed by atoms with E-state index in [2.05, 4.69) is 11.4 Å². The molecule has 0 radical (unpaired) electrons. The van der Waals surface area contributed by atoms with Crippen molar-refractivity contribution in [3.8, 4) is 17.9 Å². The van der Waals surface area contributed by atoms with Crippen molar-refractivity contribution in [1.29, 1.82) is 10.5 Å². The summed E-state index contributed by atoms with van der Waals surface area (Å²) in [5.41, 5.74) is 2.18. The van der Waals surface area contributed by atoms with Crippen LogP contribution in [0.2, 0.25) is 0 Å². The molecule has 6 heteroatoms. The van der Waals surface area contributed by atoms with Gasteiger partial charge in [0, 0.05) is 4.88 Å².